The van der Waals surface area contributed by atoms with Crippen LogP contribution >= 0.6 is 0 Å². The maximum atomic E-state index is 14.0. The number of benzene rings is 1. The molecule has 0 radical (unpaired) electrons. The Morgan fingerprint density at radius 2 is 2.17 bits per heavy atom. The number of ether oxygens (including phenoxy) is 1. The molecule has 1 heterocycles. The summed E-state index contributed by atoms with van der Waals surface area (Å²) in [6, 6.07) is 2.62. The zero-order valence-electron chi connectivity index (χ0n) is 13.2. The standard InChI is InChI=1S/C17H21FN2O3/c1-23-16-7-13-15(8-14(16)18)20(10-19-17(13)22)9-12(21)6-11-4-2-3-5-11/h7-8,10-12,21H,2-6,9H2,1H3/t12-/m0/s1. The number of hydrogen-bond acceptors (Lipinski definition) is 4. The van der Waals surface area contributed by atoms with Gasteiger partial charge in [-0.3, -0.25) is 4.79 Å². The number of aliphatic hydroxyl groups is 1. The lowest BCUT2D eigenvalue weighted by Crippen LogP contribution is -2.22. The van der Waals surface area contributed by atoms with Gasteiger partial charge in [-0.05, 0) is 18.4 Å². The first-order chi connectivity index (χ1) is 11.1. The van der Waals surface area contributed by atoms with Gasteiger partial charge in [0.2, 0.25) is 0 Å². The third kappa shape index (κ3) is 3.37. The Bertz CT molecular complexity index is 753. The van der Waals surface area contributed by atoms with Crippen molar-refractivity contribution in [2.75, 3.05) is 7.11 Å². The molecule has 1 fully saturated rings. The molecule has 1 aliphatic rings. The van der Waals surface area contributed by atoms with Gasteiger partial charge in [-0.15, -0.1) is 0 Å². The van der Waals surface area contributed by atoms with E-state index in [2.05, 4.69) is 4.98 Å². The Hall–Kier alpha value is -1.95. The molecule has 0 unspecified atom stereocenters. The van der Waals surface area contributed by atoms with Crippen molar-refractivity contribution in [3.63, 3.8) is 0 Å². The van der Waals surface area contributed by atoms with Crippen molar-refractivity contribution in [1.82, 2.24) is 9.55 Å². The van der Waals surface area contributed by atoms with Gasteiger partial charge in [-0.1, -0.05) is 25.7 Å². The molecule has 3 rings (SSSR count). The zero-order valence-corrected chi connectivity index (χ0v) is 13.2. The highest BCUT2D eigenvalue weighted by atomic mass is 19.1. The van der Waals surface area contributed by atoms with Crippen LogP contribution in [-0.2, 0) is 6.54 Å². The summed E-state index contributed by atoms with van der Waals surface area (Å²) >= 11 is 0. The summed E-state index contributed by atoms with van der Waals surface area (Å²) in [5.41, 5.74) is -0.00592. The number of methoxy groups -OCH3 is 1. The highest BCUT2D eigenvalue weighted by molar-refractivity contribution is 5.79. The van der Waals surface area contributed by atoms with E-state index >= 15 is 0 Å². The second-order valence-corrected chi connectivity index (χ2v) is 6.25. The summed E-state index contributed by atoms with van der Waals surface area (Å²) in [7, 11) is 1.35. The summed E-state index contributed by atoms with van der Waals surface area (Å²) in [5, 5.41) is 10.6. The second-order valence-electron chi connectivity index (χ2n) is 6.25. The number of hydrogen-bond donors (Lipinski definition) is 1. The Kier molecular flexibility index (Phi) is 4.61. The highest BCUT2D eigenvalue weighted by Crippen LogP contribution is 2.29. The predicted molar refractivity (Wildman–Crippen MR) is 85.1 cm³/mol. The topological polar surface area (TPSA) is 64.3 Å². The van der Waals surface area contributed by atoms with Gasteiger partial charge >= 0.3 is 0 Å². The minimum Gasteiger partial charge on any atom is -0.494 e. The van der Waals surface area contributed by atoms with Gasteiger partial charge in [-0.2, -0.15) is 4.98 Å². The van der Waals surface area contributed by atoms with Crippen molar-refractivity contribution in [3.8, 4) is 5.75 Å². The molecular formula is C17H21FN2O3. The summed E-state index contributed by atoms with van der Waals surface area (Å²) < 4.78 is 20.5. The monoisotopic (exact) mass is 320 g/mol. The summed E-state index contributed by atoms with van der Waals surface area (Å²) in [6.45, 7) is 0.298. The molecular weight excluding hydrogens is 299 g/mol. The van der Waals surface area contributed by atoms with E-state index in [1.807, 2.05) is 0 Å². The predicted octanol–water partition coefficient (Wildman–Crippen LogP) is 2.49. The van der Waals surface area contributed by atoms with E-state index in [9.17, 15) is 14.3 Å². The Labute approximate surface area is 133 Å². The fourth-order valence-corrected chi connectivity index (χ4v) is 3.44. The maximum Gasteiger partial charge on any atom is 0.280 e. The van der Waals surface area contributed by atoms with E-state index in [1.54, 1.807) is 4.57 Å². The van der Waals surface area contributed by atoms with E-state index in [4.69, 9.17) is 4.74 Å². The largest absolute Gasteiger partial charge is 0.494 e. The Morgan fingerprint density at radius 1 is 1.43 bits per heavy atom. The van der Waals surface area contributed by atoms with Gasteiger partial charge in [0.05, 0.1) is 37.0 Å². The molecule has 2 aromatic rings. The molecule has 23 heavy (non-hydrogen) atoms. The third-order valence-electron chi connectivity index (χ3n) is 4.61. The van der Waals surface area contributed by atoms with Crippen molar-refractivity contribution < 1.29 is 14.2 Å². The summed E-state index contributed by atoms with van der Waals surface area (Å²) in [6.07, 6.45) is 6.34. The average Bonchev–Trinajstić information content (AvgIpc) is 3.02. The van der Waals surface area contributed by atoms with Crippen molar-refractivity contribution in [1.29, 1.82) is 0 Å². The summed E-state index contributed by atoms with van der Waals surface area (Å²) in [4.78, 5) is 15.7. The van der Waals surface area contributed by atoms with E-state index in [-0.39, 0.29) is 5.75 Å². The van der Waals surface area contributed by atoms with Crippen LogP contribution in [0.15, 0.2) is 23.3 Å². The Balaban J connectivity index is 1.89. The highest BCUT2D eigenvalue weighted by Gasteiger charge is 2.20. The minimum atomic E-state index is -0.537. The SMILES string of the molecule is COc1cc2c(=O)ncn(C[C@@H](O)CC3CCCC3)c2cc1F. The Morgan fingerprint density at radius 3 is 2.87 bits per heavy atom. The molecule has 0 aliphatic heterocycles. The number of aromatic nitrogens is 2. The van der Waals surface area contributed by atoms with Crippen LogP contribution in [0.3, 0.4) is 0 Å². The number of fused-ring (bicyclic) bond motifs is 1. The quantitative estimate of drug-likeness (QED) is 0.919. The molecule has 1 atom stereocenters. The van der Waals surface area contributed by atoms with Crippen LogP contribution in [0.4, 0.5) is 4.39 Å². The molecule has 1 N–H and O–H groups in total. The third-order valence-corrected chi connectivity index (χ3v) is 4.61. The lowest BCUT2D eigenvalue weighted by molar-refractivity contribution is 0.125. The first-order valence-corrected chi connectivity index (χ1v) is 7.99. The molecule has 5 nitrogen and oxygen atoms in total. The second kappa shape index (κ2) is 6.66. The molecule has 1 aromatic heterocycles. The maximum absolute atomic E-state index is 14.0. The summed E-state index contributed by atoms with van der Waals surface area (Å²) in [5.74, 6) is 0.0331. The van der Waals surface area contributed by atoms with Gasteiger partial charge < -0.3 is 14.4 Å². The van der Waals surface area contributed by atoms with Crippen molar-refractivity contribution >= 4 is 10.9 Å². The molecule has 0 bridgehead atoms. The van der Waals surface area contributed by atoms with Crippen LogP contribution < -0.4 is 10.3 Å². The lowest BCUT2D eigenvalue weighted by Gasteiger charge is -2.18. The van der Waals surface area contributed by atoms with Crippen LogP contribution in [0.25, 0.3) is 10.9 Å². The number of halogens is 1. The van der Waals surface area contributed by atoms with Gasteiger partial charge in [0.1, 0.15) is 0 Å². The van der Waals surface area contributed by atoms with Crippen LogP contribution in [0.1, 0.15) is 32.1 Å². The van der Waals surface area contributed by atoms with Crippen LogP contribution in [0.2, 0.25) is 0 Å². The zero-order chi connectivity index (χ0) is 16.4. The number of aliphatic hydroxyl groups excluding tert-OH is 1. The molecule has 6 heteroatoms. The van der Waals surface area contributed by atoms with E-state index in [0.29, 0.717) is 23.4 Å². The first kappa shape index (κ1) is 15.9. The van der Waals surface area contributed by atoms with E-state index < -0.39 is 17.5 Å². The molecule has 0 saturated heterocycles. The van der Waals surface area contributed by atoms with E-state index in [1.165, 1.54) is 38.4 Å². The van der Waals surface area contributed by atoms with Crippen molar-refractivity contribution in [2.24, 2.45) is 5.92 Å². The van der Waals surface area contributed by atoms with Crippen molar-refractivity contribution in [2.45, 2.75) is 44.8 Å². The molecule has 124 valence electrons. The number of rotatable bonds is 5. The molecule has 1 saturated carbocycles. The average molecular weight is 320 g/mol. The molecule has 0 amide bonds. The van der Waals surface area contributed by atoms with Gasteiger partial charge in [-0.25, -0.2) is 4.39 Å². The van der Waals surface area contributed by atoms with Gasteiger partial charge in [0.15, 0.2) is 11.6 Å². The molecule has 0 spiro atoms. The van der Waals surface area contributed by atoms with Gasteiger partial charge in [0.25, 0.3) is 5.56 Å². The van der Waals surface area contributed by atoms with Crippen LogP contribution in [0.5, 0.6) is 5.75 Å². The molecule has 1 aromatic carbocycles. The fraction of sp³-hybridized carbons (Fsp3) is 0.529. The first-order valence-electron chi connectivity index (χ1n) is 7.99. The fourth-order valence-electron chi connectivity index (χ4n) is 3.44. The van der Waals surface area contributed by atoms with E-state index in [0.717, 1.165) is 19.3 Å². The number of nitrogens with zero attached hydrogens (tertiary/aromatic N) is 2. The lowest BCUT2D eigenvalue weighted by atomic mass is 10.00. The van der Waals surface area contributed by atoms with Crippen LogP contribution in [0, 0.1) is 11.7 Å². The smallest absolute Gasteiger partial charge is 0.280 e. The minimum absolute atomic E-state index is 0.0145. The van der Waals surface area contributed by atoms with Crippen LogP contribution in [-0.4, -0.2) is 27.9 Å². The van der Waals surface area contributed by atoms with Gasteiger partial charge in [0, 0.05) is 6.07 Å². The normalized spacial score (nSPS) is 16.8. The van der Waals surface area contributed by atoms with Crippen molar-refractivity contribution in [3.05, 3.63) is 34.6 Å². The molecule has 1 aliphatic carbocycles.